The van der Waals surface area contributed by atoms with E-state index in [4.69, 9.17) is 21.1 Å². The summed E-state index contributed by atoms with van der Waals surface area (Å²) >= 11 is 6.38. The number of rotatable bonds is 3. The van der Waals surface area contributed by atoms with Gasteiger partial charge in [-0.25, -0.2) is 0 Å². The Bertz CT molecular complexity index is 440. The van der Waals surface area contributed by atoms with Crippen molar-refractivity contribution < 1.29 is 9.47 Å². The molecule has 2 fully saturated rings. The molecule has 1 aromatic carbocycles. The third-order valence-electron chi connectivity index (χ3n) is 4.14. The minimum absolute atomic E-state index is 0.142. The van der Waals surface area contributed by atoms with Gasteiger partial charge in [-0.15, -0.1) is 0 Å². The molecule has 3 rings (SSSR count). The van der Waals surface area contributed by atoms with Gasteiger partial charge in [0.05, 0.1) is 11.6 Å². The van der Waals surface area contributed by atoms with Crippen molar-refractivity contribution in [2.75, 3.05) is 26.3 Å². The Balaban J connectivity index is 1.66. The van der Waals surface area contributed by atoms with Crippen LogP contribution in [0.15, 0.2) is 18.2 Å². The van der Waals surface area contributed by atoms with Crippen molar-refractivity contribution in [3.63, 3.8) is 0 Å². The average Bonchev–Trinajstić information content (AvgIpc) is 2.51. The first kappa shape index (κ1) is 14.2. The van der Waals surface area contributed by atoms with Crippen LogP contribution in [-0.2, 0) is 4.74 Å². The predicted octanol–water partition coefficient (Wildman–Crippen LogP) is 3.36. The van der Waals surface area contributed by atoms with Gasteiger partial charge in [-0.3, -0.25) is 0 Å². The van der Waals surface area contributed by atoms with E-state index >= 15 is 0 Å². The molecule has 2 unspecified atom stereocenters. The van der Waals surface area contributed by atoms with Crippen molar-refractivity contribution in [1.82, 2.24) is 5.32 Å². The van der Waals surface area contributed by atoms with Crippen molar-refractivity contribution in [1.29, 1.82) is 0 Å². The molecule has 1 aromatic rings. The largest absolute Gasteiger partial charge is 0.486 e. The lowest BCUT2D eigenvalue weighted by Crippen LogP contribution is -2.29. The van der Waals surface area contributed by atoms with Gasteiger partial charge >= 0.3 is 0 Å². The van der Waals surface area contributed by atoms with Gasteiger partial charge < -0.3 is 14.8 Å². The number of benzene rings is 1. The molecule has 0 aliphatic carbocycles. The van der Waals surface area contributed by atoms with Crippen LogP contribution in [0.2, 0.25) is 5.02 Å². The van der Waals surface area contributed by atoms with E-state index in [1.807, 2.05) is 6.07 Å². The van der Waals surface area contributed by atoms with Gasteiger partial charge in [0.15, 0.2) is 0 Å². The van der Waals surface area contributed by atoms with Gasteiger partial charge in [0.25, 0.3) is 0 Å². The molecule has 2 atom stereocenters. The lowest BCUT2D eigenvalue weighted by Gasteiger charge is -2.25. The third kappa shape index (κ3) is 3.46. The van der Waals surface area contributed by atoms with Gasteiger partial charge in [0.2, 0.25) is 0 Å². The molecule has 2 aliphatic heterocycles. The summed E-state index contributed by atoms with van der Waals surface area (Å²) in [5.74, 6) is 1.36. The van der Waals surface area contributed by atoms with E-state index in [-0.39, 0.29) is 6.10 Å². The maximum atomic E-state index is 6.38. The molecule has 0 saturated carbocycles. The zero-order valence-corrected chi connectivity index (χ0v) is 12.5. The monoisotopic (exact) mass is 295 g/mol. The Morgan fingerprint density at radius 2 is 2.20 bits per heavy atom. The molecule has 0 radical (unpaired) electrons. The molecule has 20 heavy (non-hydrogen) atoms. The van der Waals surface area contributed by atoms with Crippen LogP contribution in [0, 0.1) is 0 Å². The highest BCUT2D eigenvalue weighted by Gasteiger charge is 2.19. The smallest absolute Gasteiger partial charge is 0.138 e. The fraction of sp³-hybridized carbons (Fsp3) is 0.625. The maximum Gasteiger partial charge on any atom is 0.138 e. The fourth-order valence-electron chi connectivity index (χ4n) is 2.99. The summed E-state index contributed by atoms with van der Waals surface area (Å²) in [6.07, 6.45) is 4.72. The van der Waals surface area contributed by atoms with Crippen LogP contribution < -0.4 is 10.1 Å². The molecular formula is C16H22ClNO2. The molecular weight excluding hydrogens is 274 g/mol. The van der Waals surface area contributed by atoms with E-state index in [9.17, 15) is 0 Å². The molecule has 2 aliphatic rings. The number of ether oxygens (including phenoxy) is 2. The Labute approximate surface area is 125 Å². The van der Waals surface area contributed by atoms with Gasteiger partial charge in [-0.05, 0) is 55.8 Å². The Hall–Kier alpha value is -0.770. The highest BCUT2D eigenvalue weighted by molar-refractivity contribution is 6.32. The second-order valence-corrected chi connectivity index (χ2v) is 6.10. The van der Waals surface area contributed by atoms with Crippen molar-refractivity contribution >= 4 is 11.6 Å². The molecule has 0 bridgehead atoms. The minimum atomic E-state index is 0.142. The minimum Gasteiger partial charge on any atom is -0.486 e. The second kappa shape index (κ2) is 6.79. The van der Waals surface area contributed by atoms with E-state index in [2.05, 4.69) is 17.4 Å². The van der Waals surface area contributed by atoms with Crippen LogP contribution in [0.25, 0.3) is 0 Å². The molecule has 0 spiro atoms. The summed E-state index contributed by atoms with van der Waals surface area (Å²) in [6, 6.07) is 6.24. The number of hydrogen-bond acceptors (Lipinski definition) is 3. The quantitative estimate of drug-likeness (QED) is 0.927. The van der Waals surface area contributed by atoms with Gasteiger partial charge in [0, 0.05) is 13.2 Å². The van der Waals surface area contributed by atoms with E-state index in [0.29, 0.717) is 12.5 Å². The van der Waals surface area contributed by atoms with Crippen LogP contribution in [-0.4, -0.2) is 32.4 Å². The molecule has 1 N–H and O–H groups in total. The lowest BCUT2D eigenvalue weighted by molar-refractivity contribution is 0.00746. The predicted molar refractivity (Wildman–Crippen MR) is 80.8 cm³/mol. The summed E-state index contributed by atoms with van der Waals surface area (Å²) in [5.41, 5.74) is 1.31. The molecule has 3 nitrogen and oxygen atoms in total. The number of hydrogen-bond donors (Lipinski definition) is 1. The lowest BCUT2D eigenvalue weighted by atomic mass is 9.92. The fourth-order valence-corrected chi connectivity index (χ4v) is 3.22. The Morgan fingerprint density at radius 1 is 1.25 bits per heavy atom. The summed E-state index contributed by atoms with van der Waals surface area (Å²) in [4.78, 5) is 0. The normalized spacial score (nSPS) is 27.2. The molecule has 0 aromatic heterocycles. The van der Waals surface area contributed by atoms with Crippen molar-refractivity contribution in [2.45, 2.75) is 37.7 Å². The van der Waals surface area contributed by atoms with Crippen molar-refractivity contribution in [3.05, 3.63) is 28.8 Å². The zero-order chi connectivity index (χ0) is 13.8. The molecule has 110 valence electrons. The highest BCUT2D eigenvalue weighted by atomic mass is 35.5. The van der Waals surface area contributed by atoms with Crippen LogP contribution in [0.4, 0.5) is 0 Å². The SMILES string of the molecule is Clc1cc(C2CCCNC2)ccc1OC1CCCOC1. The summed E-state index contributed by atoms with van der Waals surface area (Å²) in [7, 11) is 0. The summed E-state index contributed by atoms with van der Waals surface area (Å²) in [6.45, 7) is 3.70. The van der Waals surface area contributed by atoms with Gasteiger partial charge in [-0.1, -0.05) is 17.7 Å². The highest BCUT2D eigenvalue weighted by Crippen LogP contribution is 2.32. The number of nitrogens with one attached hydrogen (secondary N) is 1. The van der Waals surface area contributed by atoms with Crippen molar-refractivity contribution in [2.24, 2.45) is 0 Å². The molecule has 2 saturated heterocycles. The van der Waals surface area contributed by atoms with E-state index in [1.54, 1.807) is 0 Å². The average molecular weight is 296 g/mol. The molecule has 0 amide bonds. The second-order valence-electron chi connectivity index (χ2n) is 5.69. The standard InChI is InChI=1S/C16H22ClNO2/c17-15-9-12(13-3-1-7-18-10-13)5-6-16(15)20-14-4-2-8-19-11-14/h5-6,9,13-14,18H,1-4,7-8,10-11H2. The number of halogens is 1. The maximum absolute atomic E-state index is 6.38. The van der Waals surface area contributed by atoms with Crippen molar-refractivity contribution in [3.8, 4) is 5.75 Å². The summed E-state index contributed by atoms with van der Waals surface area (Å²) < 4.78 is 11.4. The van der Waals surface area contributed by atoms with Gasteiger partial charge in [-0.2, -0.15) is 0 Å². The van der Waals surface area contributed by atoms with Crippen LogP contribution in [0.3, 0.4) is 0 Å². The summed E-state index contributed by atoms with van der Waals surface area (Å²) in [5, 5.41) is 4.16. The zero-order valence-electron chi connectivity index (χ0n) is 11.7. The molecule has 4 heteroatoms. The molecule has 2 heterocycles. The van der Waals surface area contributed by atoms with Crippen LogP contribution in [0.1, 0.15) is 37.2 Å². The van der Waals surface area contributed by atoms with E-state index < -0.39 is 0 Å². The first-order valence-corrected chi connectivity index (χ1v) is 7.95. The third-order valence-corrected chi connectivity index (χ3v) is 4.43. The first-order chi connectivity index (χ1) is 9.83. The number of piperidine rings is 1. The van der Waals surface area contributed by atoms with E-state index in [1.165, 1.54) is 18.4 Å². The Morgan fingerprint density at radius 3 is 2.90 bits per heavy atom. The Kier molecular flexibility index (Phi) is 4.81. The van der Waals surface area contributed by atoms with E-state index in [0.717, 1.165) is 43.3 Å². The van der Waals surface area contributed by atoms with Crippen LogP contribution in [0.5, 0.6) is 5.75 Å². The topological polar surface area (TPSA) is 30.5 Å². The first-order valence-electron chi connectivity index (χ1n) is 7.57. The van der Waals surface area contributed by atoms with Crippen LogP contribution >= 0.6 is 11.6 Å². The van der Waals surface area contributed by atoms with Gasteiger partial charge in [0.1, 0.15) is 11.9 Å².